The molecule has 90 valence electrons. The Morgan fingerprint density at radius 1 is 1.59 bits per heavy atom. The Morgan fingerprint density at radius 3 is 3.00 bits per heavy atom. The fourth-order valence-electron chi connectivity index (χ4n) is 1.27. The summed E-state index contributed by atoms with van der Waals surface area (Å²) in [7, 11) is 0. The number of halogens is 1. The summed E-state index contributed by atoms with van der Waals surface area (Å²) in [5.74, 6) is 1.13. The second-order valence-electron chi connectivity index (χ2n) is 3.35. The van der Waals surface area contributed by atoms with E-state index in [-0.39, 0.29) is 12.5 Å². The monoisotopic (exact) mass is 346 g/mol. The van der Waals surface area contributed by atoms with Gasteiger partial charge in [-0.05, 0) is 22.6 Å². The van der Waals surface area contributed by atoms with Crippen molar-refractivity contribution in [2.24, 2.45) is 0 Å². The van der Waals surface area contributed by atoms with Crippen molar-refractivity contribution in [1.82, 2.24) is 20.5 Å². The molecule has 6 nitrogen and oxygen atoms in total. The molecule has 0 unspecified atom stereocenters. The van der Waals surface area contributed by atoms with Gasteiger partial charge in [0.2, 0.25) is 5.89 Å². The first-order valence-electron chi connectivity index (χ1n) is 5.11. The molecule has 0 saturated carbocycles. The van der Waals surface area contributed by atoms with Crippen LogP contribution in [0.4, 0.5) is 0 Å². The summed E-state index contributed by atoms with van der Waals surface area (Å²) in [6.07, 6.45) is 3.95. The zero-order valence-corrected chi connectivity index (χ0v) is 11.3. The van der Waals surface area contributed by atoms with Crippen LogP contribution in [0.25, 0.3) is 0 Å². The summed E-state index contributed by atoms with van der Waals surface area (Å²) in [5, 5.41) is 9.20. The van der Waals surface area contributed by atoms with Crippen molar-refractivity contribution in [1.29, 1.82) is 0 Å². The molecule has 0 saturated heterocycles. The van der Waals surface area contributed by atoms with E-state index >= 15 is 0 Å². The lowest BCUT2D eigenvalue weighted by Gasteiger charge is -2.00. The van der Waals surface area contributed by atoms with Gasteiger partial charge in [0.15, 0.2) is 0 Å². The summed E-state index contributed by atoms with van der Waals surface area (Å²) in [5.41, 5.74) is 0.521. The number of carbonyl (C=O) groups excluding carboxylic acids is 1. The number of oxazole rings is 1. The second-order valence-corrected chi connectivity index (χ2v) is 4.43. The Morgan fingerprint density at radius 2 is 2.41 bits per heavy atom. The zero-order chi connectivity index (χ0) is 12.3. The standard InChI is InChI=1S/C10H11IN4O2/c1-2-6-3-12-8(17-6)5-13-10(16)7-4-14-15-9(7)11/h3-4H,2,5H2,1H3,(H,13,16)(H,14,15). The summed E-state index contributed by atoms with van der Waals surface area (Å²) in [6.45, 7) is 2.26. The lowest BCUT2D eigenvalue weighted by atomic mass is 10.3. The quantitative estimate of drug-likeness (QED) is 0.822. The largest absolute Gasteiger partial charge is 0.444 e. The van der Waals surface area contributed by atoms with Crippen molar-refractivity contribution in [3.05, 3.63) is 33.3 Å². The highest BCUT2D eigenvalue weighted by Crippen LogP contribution is 2.08. The third kappa shape index (κ3) is 2.84. The molecule has 17 heavy (non-hydrogen) atoms. The minimum atomic E-state index is -0.195. The lowest BCUT2D eigenvalue weighted by molar-refractivity contribution is 0.0946. The molecule has 0 aliphatic heterocycles. The molecule has 0 radical (unpaired) electrons. The average molecular weight is 346 g/mol. The molecule has 1 amide bonds. The van der Waals surface area contributed by atoms with Crippen molar-refractivity contribution in [2.45, 2.75) is 19.9 Å². The Hall–Kier alpha value is -1.38. The number of H-pyrrole nitrogens is 1. The Balaban J connectivity index is 1.94. The number of rotatable bonds is 4. The molecule has 2 aromatic heterocycles. The van der Waals surface area contributed by atoms with E-state index in [9.17, 15) is 4.79 Å². The fraction of sp³-hybridized carbons (Fsp3) is 0.300. The van der Waals surface area contributed by atoms with Crippen molar-refractivity contribution in [3.8, 4) is 0 Å². The van der Waals surface area contributed by atoms with Gasteiger partial charge in [0.1, 0.15) is 9.46 Å². The van der Waals surface area contributed by atoms with Gasteiger partial charge in [-0.3, -0.25) is 9.89 Å². The Kier molecular flexibility index (Phi) is 3.77. The van der Waals surface area contributed by atoms with Crippen LogP contribution in [0.1, 0.15) is 28.9 Å². The van der Waals surface area contributed by atoms with E-state index in [0.29, 0.717) is 15.2 Å². The van der Waals surface area contributed by atoms with E-state index in [1.807, 2.05) is 29.5 Å². The maximum absolute atomic E-state index is 11.7. The molecule has 2 aromatic rings. The van der Waals surface area contributed by atoms with Crippen LogP contribution in [0, 0.1) is 3.70 Å². The second kappa shape index (κ2) is 5.30. The number of aryl methyl sites for hydroxylation is 1. The van der Waals surface area contributed by atoms with E-state index < -0.39 is 0 Å². The smallest absolute Gasteiger partial charge is 0.256 e. The molecule has 0 bridgehead atoms. The van der Waals surface area contributed by atoms with Crippen molar-refractivity contribution in [3.63, 3.8) is 0 Å². The molecule has 0 spiro atoms. The van der Waals surface area contributed by atoms with Crippen LogP contribution >= 0.6 is 22.6 Å². The molecular formula is C10H11IN4O2. The number of amides is 1. The Bertz CT molecular complexity index is 520. The van der Waals surface area contributed by atoms with E-state index in [0.717, 1.165) is 12.2 Å². The highest BCUT2D eigenvalue weighted by atomic mass is 127. The molecular weight excluding hydrogens is 335 g/mol. The van der Waals surface area contributed by atoms with E-state index in [2.05, 4.69) is 20.5 Å². The van der Waals surface area contributed by atoms with Crippen LogP contribution in [0.5, 0.6) is 0 Å². The third-order valence-corrected chi connectivity index (χ3v) is 3.01. The summed E-state index contributed by atoms with van der Waals surface area (Å²) in [4.78, 5) is 15.8. The van der Waals surface area contributed by atoms with Crippen molar-refractivity contribution >= 4 is 28.5 Å². The minimum absolute atomic E-state index is 0.195. The number of carbonyl (C=O) groups is 1. The number of aromatic nitrogens is 3. The topological polar surface area (TPSA) is 83.8 Å². The van der Waals surface area contributed by atoms with Gasteiger partial charge < -0.3 is 9.73 Å². The molecule has 0 aliphatic rings. The van der Waals surface area contributed by atoms with Crippen molar-refractivity contribution in [2.75, 3.05) is 0 Å². The minimum Gasteiger partial charge on any atom is -0.444 e. The van der Waals surface area contributed by atoms with Gasteiger partial charge in [0.25, 0.3) is 5.91 Å². The third-order valence-electron chi connectivity index (χ3n) is 2.19. The molecule has 2 N–H and O–H groups in total. The van der Waals surface area contributed by atoms with Gasteiger partial charge >= 0.3 is 0 Å². The van der Waals surface area contributed by atoms with Crippen molar-refractivity contribution < 1.29 is 9.21 Å². The molecule has 0 fully saturated rings. The van der Waals surface area contributed by atoms with Gasteiger partial charge in [0.05, 0.1) is 24.5 Å². The van der Waals surface area contributed by atoms with Crippen LogP contribution in [0.15, 0.2) is 16.8 Å². The van der Waals surface area contributed by atoms with Crippen LogP contribution in [0.3, 0.4) is 0 Å². The van der Waals surface area contributed by atoms with Gasteiger partial charge in [-0.1, -0.05) is 6.92 Å². The fourth-order valence-corrected chi connectivity index (χ4v) is 1.80. The van der Waals surface area contributed by atoms with E-state index in [1.165, 1.54) is 6.20 Å². The maximum Gasteiger partial charge on any atom is 0.256 e. The first kappa shape index (κ1) is 12.1. The summed E-state index contributed by atoms with van der Waals surface area (Å²) >= 11 is 2.02. The predicted molar refractivity (Wildman–Crippen MR) is 68.4 cm³/mol. The van der Waals surface area contributed by atoms with Crippen LogP contribution < -0.4 is 5.32 Å². The number of nitrogens with zero attached hydrogens (tertiary/aromatic N) is 2. The first-order chi connectivity index (χ1) is 8.20. The van der Waals surface area contributed by atoms with Gasteiger partial charge in [-0.2, -0.15) is 5.10 Å². The van der Waals surface area contributed by atoms with Gasteiger partial charge in [-0.25, -0.2) is 4.98 Å². The molecule has 0 atom stereocenters. The highest BCUT2D eigenvalue weighted by Gasteiger charge is 2.12. The highest BCUT2D eigenvalue weighted by molar-refractivity contribution is 14.1. The zero-order valence-electron chi connectivity index (χ0n) is 9.16. The molecule has 2 heterocycles. The number of hydrogen-bond acceptors (Lipinski definition) is 4. The van der Waals surface area contributed by atoms with Crippen LogP contribution in [-0.4, -0.2) is 21.1 Å². The molecule has 7 heteroatoms. The molecule has 2 rings (SSSR count). The number of aromatic amines is 1. The first-order valence-corrected chi connectivity index (χ1v) is 6.19. The maximum atomic E-state index is 11.7. The molecule has 0 aliphatic carbocycles. The summed E-state index contributed by atoms with van der Waals surface area (Å²) in [6, 6.07) is 0. The summed E-state index contributed by atoms with van der Waals surface area (Å²) < 4.78 is 6.09. The van der Waals surface area contributed by atoms with Gasteiger partial charge in [0, 0.05) is 6.42 Å². The lowest BCUT2D eigenvalue weighted by Crippen LogP contribution is -2.23. The normalized spacial score (nSPS) is 10.5. The predicted octanol–water partition coefficient (Wildman–Crippen LogP) is 1.49. The van der Waals surface area contributed by atoms with E-state index in [4.69, 9.17) is 4.42 Å². The number of nitrogens with one attached hydrogen (secondary N) is 2. The number of hydrogen-bond donors (Lipinski definition) is 2. The SMILES string of the molecule is CCc1cnc(CNC(=O)c2cn[nH]c2I)o1. The van der Waals surface area contributed by atoms with Crippen LogP contribution in [0.2, 0.25) is 0 Å². The van der Waals surface area contributed by atoms with E-state index in [1.54, 1.807) is 6.20 Å². The van der Waals surface area contributed by atoms with Crippen LogP contribution in [-0.2, 0) is 13.0 Å². The average Bonchev–Trinajstić information content (AvgIpc) is 2.94. The van der Waals surface area contributed by atoms with Gasteiger partial charge in [-0.15, -0.1) is 0 Å². The molecule has 0 aromatic carbocycles. The Labute approximate surface area is 111 Å².